The molecule has 4 heteroatoms. The second kappa shape index (κ2) is 8.01. The molecular weight excluding hydrogens is 232 g/mol. The van der Waals surface area contributed by atoms with Gasteiger partial charge in [0.05, 0.1) is 0 Å². The Morgan fingerprint density at radius 3 is 2.41 bits per heavy atom. The highest BCUT2D eigenvalue weighted by Gasteiger charge is 1.98. The Morgan fingerprint density at radius 2 is 1.82 bits per heavy atom. The Balaban J connectivity index is 2.23. The Labute approximate surface area is 107 Å². The fraction of sp³-hybridized carbons (Fsp3) is 0.462. The smallest absolute Gasteiger partial charge is 0.314 e. The van der Waals surface area contributed by atoms with Crippen molar-refractivity contribution in [2.45, 2.75) is 24.7 Å². The third-order valence-corrected chi connectivity index (χ3v) is 3.14. The van der Waals surface area contributed by atoms with E-state index in [4.69, 9.17) is 0 Å². The van der Waals surface area contributed by atoms with E-state index in [1.54, 1.807) is 11.8 Å². The normalized spacial score (nSPS) is 10.0. The molecule has 0 atom stereocenters. The number of amides is 2. The van der Waals surface area contributed by atoms with Gasteiger partial charge >= 0.3 is 6.03 Å². The molecule has 0 aliphatic heterocycles. The number of nitrogens with one attached hydrogen (secondary N) is 2. The summed E-state index contributed by atoms with van der Waals surface area (Å²) in [6, 6.07) is 8.36. The summed E-state index contributed by atoms with van der Waals surface area (Å²) in [6.45, 7) is 3.44. The molecule has 94 valence electrons. The van der Waals surface area contributed by atoms with Gasteiger partial charge in [0.25, 0.3) is 0 Å². The van der Waals surface area contributed by atoms with Crippen LogP contribution in [0.5, 0.6) is 0 Å². The van der Waals surface area contributed by atoms with E-state index in [-0.39, 0.29) is 6.03 Å². The Morgan fingerprint density at radius 1 is 1.18 bits per heavy atom. The van der Waals surface area contributed by atoms with Gasteiger partial charge in [-0.15, -0.1) is 11.8 Å². The molecule has 0 radical (unpaired) electrons. The number of carbonyl (C=O) groups excluding carboxylic acids is 1. The third kappa shape index (κ3) is 5.63. The SMILES string of the molecule is CCCNC(=O)NCCc1ccc(SC)cc1. The number of hydrogen-bond donors (Lipinski definition) is 2. The molecule has 1 aromatic rings. The van der Waals surface area contributed by atoms with Gasteiger partial charge in [-0.1, -0.05) is 19.1 Å². The summed E-state index contributed by atoms with van der Waals surface area (Å²) in [5, 5.41) is 5.62. The lowest BCUT2D eigenvalue weighted by Gasteiger charge is -2.06. The van der Waals surface area contributed by atoms with Crippen LogP contribution in [0, 0.1) is 0 Å². The van der Waals surface area contributed by atoms with Crippen molar-refractivity contribution in [3.63, 3.8) is 0 Å². The number of carbonyl (C=O) groups is 1. The van der Waals surface area contributed by atoms with E-state index in [1.807, 2.05) is 6.92 Å². The highest BCUT2D eigenvalue weighted by molar-refractivity contribution is 7.98. The van der Waals surface area contributed by atoms with Crippen molar-refractivity contribution in [2.24, 2.45) is 0 Å². The van der Waals surface area contributed by atoms with Gasteiger partial charge in [0.2, 0.25) is 0 Å². The fourth-order valence-electron chi connectivity index (χ4n) is 1.41. The number of benzene rings is 1. The topological polar surface area (TPSA) is 41.1 Å². The Hall–Kier alpha value is -1.16. The molecule has 0 aromatic heterocycles. The molecule has 0 heterocycles. The van der Waals surface area contributed by atoms with E-state index in [0.29, 0.717) is 6.54 Å². The van der Waals surface area contributed by atoms with Crippen molar-refractivity contribution >= 4 is 17.8 Å². The average Bonchev–Trinajstić information content (AvgIpc) is 2.37. The summed E-state index contributed by atoms with van der Waals surface area (Å²) in [5.74, 6) is 0. The minimum absolute atomic E-state index is 0.0763. The number of hydrogen-bond acceptors (Lipinski definition) is 2. The summed E-state index contributed by atoms with van der Waals surface area (Å²) >= 11 is 1.74. The highest BCUT2D eigenvalue weighted by atomic mass is 32.2. The zero-order valence-corrected chi connectivity index (χ0v) is 11.3. The summed E-state index contributed by atoms with van der Waals surface area (Å²) in [4.78, 5) is 12.5. The highest BCUT2D eigenvalue weighted by Crippen LogP contribution is 2.14. The second-order valence-electron chi connectivity index (χ2n) is 3.78. The van der Waals surface area contributed by atoms with Gasteiger partial charge in [-0.25, -0.2) is 4.79 Å². The standard InChI is InChI=1S/C13H20N2OS/c1-3-9-14-13(16)15-10-8-11-4-6-12(17-2)7-5-11/h4-7H,3,8-10H2,1-2H3,(H2,14,15,16). The van der Waals surface area contributed by atoms with Crippen molar-refractivity contribution in [1.29, 1.82) is 0 Å². The molecule has 2 amide bonds. The van der Waals surface area contributed by atoms with E-state index in [0.717, 1.165) is 19.4 Å². The lowest BCUT2D eigenvalue weighted by molar-refractivity contribution is 0.241. The van der Waals surface area contributed by atoms with Crippen LogP contribution in [-0.2, 0) is 6.42 Å². The van der Waals surface area contributed by atoms with Crippen LogP contribution in [0.3, 0.4) is 0 Å². The molecule has 0 aliphatic carbocycles. The molecule has 0 bridgehead atoms. The molecule has 0 fully saturated rings. The van der Waals surface area contributed by atoms with Crippen molar-refractivity contribution in [3.8, 4) is 0 Å². The van der Waals surface area contributed by atoms with Crippen LogP contribution in [0.1, 0.15) is 18.9 Å². The molecule has 0 saturated carbocycles. The van der Waals surface area contributed by atoms with Crippen LogP contribution in [0.15, 0.2) is 29.2 Å². The lowest BCUT2D eigenvalue weighted by Crippen LogP contribution is -2.36. The van der Waals surface area contributed by atoms with Crippen LogP contribution in [0.25, 0.3) is 0 Å². The molecule has 0 aliphatic rings. The monoisotopic (exact) mass is 252 g/mol. The van der Waals surface area contributed by atoms with E-state index in [1.165, 1.54) is 10.5 Å². The predicted octanol–water partition coefficient (Wildman–Crippen LogP) is 2.66. The predicted molar refractivity (Wildman–Crippen MR) is 73.6 cm³/mol. The summed E-state index contributed by atoms with van der Waals surface area (Å²) in [7, 11) is 0. The lowest BCUT2D eigenvalue weighted by atomic mass is 10.1. The zero-order valence-electron chi connectivity index (χ0n) is 10.5. The average molecular weight is 252 g/mol. The van der Waals surface area contributed by atoms with Crippen LogP contribution < -0.4 is 10.6 Å². The van der Waals surface area contributed by atoms with Crippen LogP contribution >= 0.6 is 11.8 Å². The summed E-state index contributed by atoms with van der Waals surface area (Å²) in [5.41, 5.74) is 1.25. The third-order valence-electron chi connectivity index (χ3n) is 2.39. The summed E-state index contributed by atoms with van der Waals surface area (Å²) in [6.07, 6.45) is 3.90. The number of urea groups is 1. The summed E-state index contributed by atoms with van der Waals surface area (Å²) < 4.78 is 0. The van der Waals surface area contributed by atoms with Gasteiger partial charge in [-0.05, 0) is 36.8 Å². The maximum Gasteiger partial charge on any atom is 0.314 e. The minimum atomic E-state index is -0.0763. The molecule has 2 N–H and O–H groups in total. The first-order valence-electron chi connectivity index (χ1n) is 5.91. The largest absolute Gasteiger partial charge is 0.338 e. The van der Waals surface area contributed by atoms with Crippen LogP contribution in [0.2, 0.25) is 0 Å². The van der Waals surface area contributed by atoms with Crippen LogP contribution in [-0.4, -0.2) is 25.4 Å². The molecule has 0 unspecified atom stereocenters. The zero-order chi connectivity index (χ0) is 12.5. The number of thioether (sulfide) groups is 1. The van der Waals surface area contributed by atoms with Crippen LogP contribution in [0.4, 0.5) is 4.79 Å². The maximum atomic E-state index is 11.3. The minimum Gasteiger partial charge on any atom is -0.338 e. The van der Waals surface area contributed by atoms with Gasteiger partial charge < -0.3 is 10.6 Å². The molecule has 1 aromatic carbocycles. The number of rotatable bonds is 6. The van der Waals surface area contributed by atoms with E-state index < -0.39 is 0 Å². The van der Waals surface area contributed by atoms with E-state index in [9.17, 15) is 4.79 Å². The molecule has 3 nitrogen and oxygen atoms in total. The van der Waals surface area contributed by atoms with E-state index in [2.05, 4.69) is 41.2 Å². The van der Waals surface area contributed by atoms with Gasteiger partial charge in [0, 0.05) is 18.0 Å². The van der Waals surface area contributed by atoms with E-state index >= 15 is 0 Å². The molecule has 17 heavy (non-hydrogen) atoms. The maximum absolute atomic E-state index is 11.3. The second-order valence-corrected chi connectivity index (χ2v) is 4.66. The van der Waals surface area contributed by atoms with Gasteiger partial charge in [-0.3, -0.25) is 0 Å². The molecule has 1 rings (SSSR count). The first kappa shape index (κ1) is 13.9. The van der Waals surface area contributed by atoms with Crippen molar-refractivity contribution in [3.05, 3.63) is 29.8 Å². The molecular formula is C13H20N2OS. The fourth-order valence-corrected chi connectivity index (χ4v) is 1.82. The first-order chi connectivity index (χ1) is 8.26. The molecule has 0 saturated heterocycles. The van der Waals surface area contributed by atoms with Gasteiger partial charge in [0.1, 0.15) is 0 Å². The Kier molecular flexibility index (Phi) is 6.55. The molecule has 0 spiro atoms. The quantitative estimate of drug-likeness (QED) is 0.764. The first-order valence-corrected chi connectivity index (χ1v) is 7.13. The van der Waals surface area contributed by atoms with Gasteiger partial charge in [0.15, 0.2) is 0 Å². The van der Waals surface area contributed by atoms with Crippen molar-refractivity contribution in [1.82, 2.24) is 10.6 Å². The van der Waals surface area contributed by atoms with Crippen molar-refractivity contribution < 1.29 is 4.79 Å². The Bertz CT molecular complexity index is 338. The van der Waals surface area contributed by atoms with Crippen molar-refractivity contribution in [2.75, 3.05) is 19.3 Å². The van der Waals surface area contributed by atoms with Gasteiger partial charge in [-0.2, -0.15) is 0 Å².